The summed E-state index contributed by atoms with van der Waals surface area (Å²) in [5, 5.41) is 0. The van der Waals surface area contributed by atoms with Crippen LogP contribution in [0.25, 0.3) is 0 Å². The van der Waals surface area contributed by atoms with E-state index in [0.717, 1.165) is 25.2 Å². The fourth-order valence-electron chi connectivity index (χ4n) is 1.03. The largest absolute Gasteiger partial charge is 0.403 e. The molecule has 0 aromatic heterocycles. The number of aliphatic imine (C=N–C) groups is 1. The summed E-state index contributed by atoms with van der Waals surface area (Å²) in [6.07, 6.45) is 6.08. The molecule has 0 saturated heterocycles. The Kier molecular flexibility index (Phi) is 2.72. The van der Waals surface area contributed by atoms with Crippen LogP contribution in [0.2, 0.25) is 0 Å². The first-order valence-electron chi connectivity index (χ1n) is 3.66. The summed E-state index contributed by atoms with van der Waals surface area (Å²) in [5.74, 6) is 0. The van der Waals surface area contributed by atoms with Crippen LogP contribution < -0.4 is 5.73 Å². The van der Waals surface area contributed by atoms with Crippen molar-refractivity contribution >= 4 is 6.34 Å². The summed E-state index contributed by atoms with van der Waals surface area (Å²) >= 11 is 0. The van der Waals surface area contributed by atoms with Crippen LogP contribution in [-0.2, 0) is 0 Å². The SMILES string of the molecule is C=CCC(=CN)N1C=NCC1. The van der Waals surface area contributed by atoms with Crippen molar-refractivity contribution in [3.8, 4) is 0 Å². The van der Waals surface area contributed by atoms with Crippen LogP contribution in [0, 0.1) is 0 Å². The Hall–Kier alpha value is -1.25. The van der Waals surface area contributed by atoms with Crippen LogP contribution in [-0.4, -0.2) is 24.3 Å². The zero-order valence-corrected chi connectivity index (χ0v) is 6.53. The highest BCUT2D eigenvalue weighted by Gasteiger charge is 2.08. The van der Waals surface area contributed by atoms with Gasteiger partial charge in [0, 0.05) is 24.9 Å². The summed E-state index contributed by atoms with van der Waals surface area (Å²) in [4.78, 5) is 6.13. The maximum absolute atomic E-state index is 5.43. The predicted octanol–water partition coefficient (Wildman–Crippen LogP) is 0.707. The summed E-state index contributed by atoms with van der Waals surface area (Å²) in [6, 6.07) is 0. The van der Waals surface area contributed by atoms with Crippen LogP contribution in [0.1, 0.15) is 6.42 Å². The van der Waals surface area contributed by atoms with Gasteiger partial charge in [0.05, 0.1) is 12.9 Å². The third-order valence-corrected chi connectivity index (χ3v) is 1.61. The lowest BCUT2D eigenvalue weighted by atomic mass is 10.3. The standard InChI is InChI=1S/C8H13N3/c1-2-3-8(6-9)11-5-4-10-7-11/h2,6-7H,1,3-5,9H2. The lowest BCUT2D eigenvalue weighted by molar-refractivity contribution is 0.558. The molecule has 11 heavy (non-hydrogen) atoms. The van der Waals surface area contributed by atoms with E-state index in [2.05, 4.69) is 11.6 Å². The minimum Gasteiger partial charge on any atom is -0.403 e. The quantitative estimate of drug-likeness (QED) is 0.603. The number of hydrogen-bond acceptors (Lipinski definition) is 3. The Morgan fingerprint density at radius 2 is 2.64 bits per heavy atom. The van der Waals surface area contributed by atoms with Crippen LogP contribution in [0.5, 0.6) is 0 Å². The fourth-order valence-corrected chi connectivity index (χ4v) is 1.03. The minimum absolute atomic E-state index is 0.808. The third-order valence-electron chi connectivity index (χ3n) is 1.61. The van der Waals surface area contributed by atoms with E-state index in [1.54, 1.807) is 6.20 Å². The normalized spacial score (nSPS) is 17.5. The maximum atomic E-state index is 5.43. The molecule has 0 atom stereocenters. The van der Waals surface area contributed by atoms with Crippen LogP contribution >= 0.6 is 0 Å². The van der Waals surface area contributed by atoms with Gasteiger partial charge >= 0.3 is 0 Å². The molecule has 1 rings (SSSR count). The molecule has 0 unspecified atom stereocenters. The average molecular weight is 151 g/mol. The molecular formula is C8H13N3. The number of rotatable bonds is 3. The third kappa shape index (κ3) is 1.83. The zero-order valence-electron chi connectivity index (χ0n) is 6.53. The number of nitrogens with two attached hydrogens (primary N) is 1. The van der Waals surface area contributed by atoms with Gasteiger partial charge in [-0.1, -0.05) is 6.08 Å². The summed E-state index contributed by atoms with van der Waals surface area (Å²) < 4.78 is 0. The second-order valence-corrected chi connectivity index (χ2v) is 2.37. The second-order valence-electron chi connectivity index (χ2n) is 2.37. The molecule has 0 spiro atoms. The van der Waals surface area contributed by atoms with Gasteiger partial charge in [-0.05, 0) is 0 Å². The van der Waals surface area contributed by atoms with Crippen molar-refractivity contribution in [2.75, 3.05) is 13.1 Å². The van der Waals surface area contributed by atoms with Gasteiger partial charge in [-0.2, -0.15) is 0 Å². The van der Waals surface area contributed by atoms with Gasteiger partial charge < -0.3 is 10.6 Å². The second kappa shape index (κ2) is 3.81. The smallest absolute Gasteiger partial charge is 0.0893 e. The Bertz CT molecular complexity index is 194. The Labute approximate surface area is 66.9 Å². The molecule has 1 aliphatic rings. The van der Waals surface area contributed by atoms with Gasteiger partial charge in [0.1, 0.15) is 0 Å². The lowest BCUT2D eigenvalue weighted by Crippen LogP contribution is -2.19. The van der Waals surface area contributed by atoms with Gasteiger partial charge in [0.2, 0.25) is 0 Å². The van der Waals surface area contributed by atoms with E-state index in [0.29, 0.717) is 0 Å². The summed E-state index contributed by atoms with van der Waals surface area (Å²) in [5.41, 5.74) is 6.50. The molecule has 1 heterocycles. The lowest BCUT2D eigenvalue weighted by Gasteiger charge is -2.15. The molecule has 0 aromatic rings. The Balaban J connectivity index is 2.54. The molecule has 0 saturated carbocycles. The number of nitrogens with zero attached hydrogens (tertiary/aromatic N) is 2. The Morgan fingerprint density at radius 3 is 3.09 bits per heavy atom. The minimum atomic E-state index is 0.808. The first-order valence-corrected chi connectivity index (χ1v) is 3.66. The van der Waals surface area contributed by atoms with Crippen molar-refractivity contribution in [2.45, 2.75) is 6.42 Å². The van der Waals surface area contributed by atoms with Crippen molar-refractivity contribution in [1.29, 1.82) is 0 Å². The van der Waals surface area contributed by atoms with Gasteiger partial charge in [0.25, 0.3) is 0 Å². The molecule has 2 N–H and O–H groups in total. The molecule has 1 aliphatic heterocycles. The van der Waals surface area contributed by atoms with Gasteiger partial charge in [-0.15, -0.1) is 6.58 Å². The molecule has 60 valence electrons. The van der Waals surface area contributed by atoms with Crippen LogP contribution in [0.15, 0.2) is 29.5 Å². The predicted molar refractivity (Wildman–Crippen MR) is 47.1 cm³/mol. The first kappa shape index (κ1) is 7.85. The van der Waals surface area contributed by atoms with Crippen molar-refractivity contribution in [1.82, 2.24) is 4.90 Å². The zero-order chi connectivity index (χ0) is 8.10. The van der Waals surface area contributed by atoms with E-state index < -0.39 is 0 Å². The van der Waals surface area contributed by atoms with Crippen LogP contribution in [0.3, 0.4) is 0 Å². The molecular weight excluding hydrogens is 138 g/mol. The van der Waals surface area contributed by atoms with Gasteiger partial charge in [-0.3, -0.25) is 4.99 Å². The summed E-state index contributed by atoms with van der Waals surface area (Å²) in [7, 11) is 0. The van der Waals surface area contributed by atoms with E-state index in [1.807, 2.05) is 17.3 Å². The van der Waals surface area contributed by atoms with Crippen LogP contribution in [0.4, 0.5) is 0 Å². The summed E-state index contributed by atoms with van der Waals surface area (Å²) in [6.45, 7) is 5.46. The maximum Gasteiger partial charge on any atom is 0.0893 e. The Morgan fingerprint density at radius 1 is 1.82 bits per heavy atom. The molecule has 0 fully saturated rings. The number of hydrogen-bond donors (Lipinski definition) is 1. The van der Waals surface area contributed by atoms with E-state index in [4.69, 9.17) is 5.73 Å². The molecule has 3 heteroatoms. The monoisotopic (exact) mass is 151 g/mol. The van der Waals surface area contributed by atoms with E-state index >= 15 is 0 Å². The van der Waals surface area contributed by atoms with Gasteiger partial charge in [0.15, 0.2) is 0 Å². The molecule has 0 radical (unpaired) electrons. The molecule has 0 aromatic carbocycles. The van der Waals surface area contributed by atoms with Crippen molar-refractivity contribution < 1.29 is 0 Å². The van der Waals surface area contributed by atoms with E-state index in [9.17, 15) is 0 Å². The highest BCUT2D eigenvalue weighted by atomic mass is 15.2. The first-order chi connectivity index (χ1) is 5.38. The van der Waals surface area contributed by atoms with Crippen molar-refractivity contribution in [2.24, 2.45) is 10.7 Å². The molecule has 0 amide bonds. The van der Waals surface area contributed by atoms with E-state index in [1.165, 1.54) is 0 Å². The topological polar surface area (TPSA) is 41.6 Å². The molecule has 0 bridgehead atoms. The molecule has 0 aliphatic carbocycles. The van der Waals surface area contributed by atoms with E-state index in [-0.39, 0.29) is 0 Å². The number of allylic oxidation sites excluding steroid dienone is 1. The van der Waals surface area contributed by atoms with Crippen molar-refractivity contribution in [3.63, 3.8) is 0 Å². The van der Waals surface area contributed by atoms with Gasteiger partial charge in [-0.25, -0.2) is 0 Å². The highest BCUT2D eigenvalue weighted by Crippen LogP contribution is 2.08. The fraction of sp³-hybridized carbons (Fsp3) is 0.375. The average Bonchev–Trinajstić information content (AvgIpc) is 2.52. The molecule has 3 nitrogen and oxygen atoms in total. The highest BCUT2D eigenvalue weighted by molar-refractivity contribution is 5.60. The van der Waals surface area contributed by atoms with Crippen molar-refractivity contribution in [3.05, 3.63) is 24.6 Å².